The Balaban J connectivity index is 2.43. The lowest BCUT2D eigenvalue weighted by atomic mass is 10.1. The maximum Gasteiger partial charge on any atom is -0.00943 e. The number of rotatable bonds is 3. The molecule has 0 atom stereocenters. The van der Waals surface area contributed by atoms with Crippen LogP contribution in [0.3, 0.4) is 0 Å². The van der Waals surface area contributed by atoms with Crippen LogP contribution in [0.25, 0.3) is 0 Å². The standard InChI is InChI=1S/C12H14/c1-2-3-4-6-9-12-10-7-5-8-11-12/h2-8,10-11H,9H2,1H3/b3-2+,6-4-. The first kappa shape index (κ1) is 8.79. The van der Waals surface area contributed by atoms with Crippen LogP contribution in [0.5, 0.6) is 0 Å². The van der Waals surface area contributed by atoms with E-state index in [0.717, 1.165) is 6.42 Å². The first-order valence-corrected chi connectivity index (χ1v) is 4.25. The summed E-state index contributed by atoms with van der Waals surface area (Å²) in [6.45, 7) is 2.02. The largest absolute Gasteiger partial charge is 0.0877 e. The van der Waals surface area contributed by atoms with Gasteiger partial charge in [0.25, 0.3) is 0 Å². The predicted octanol–water partition coefficient (Wildman–Crippen LogP) is 3.36. The normalized spacial score (nSPS) is 11.4. The SMILES string of the molecule is C/C=C/C=C\Cc1ccccc1. The maximum atomic E-state index is 2.16. The number of benzene rings is 1. The van der Waals surface area contributed by atoms with Crippen molar-refractivity contribution in [2.75, 3.05) is 0 Å². The molecule has 0 radical (unpaired) electrons. The predicted molar refractivity (Wildman–Crippen MR) is 54.1 cm³/mol. The molecular formula is C12H14. The van der Waals surface area contributed by atoms with Gasteiger partial charge in [0.05, 0.1) is 0 Å². The molecule has 0 spiro atoms. The van der Waals surface area contributed by atoms with Gasteiger partial charge in [0.2, 0.25) is 0 Å². The van der Waals surface area contributed by atoms with Gasteiger partial charge in [0.1, 0.15) is 0 Å². The molecule has 0 saturated carbocycles. The molecule has 0 aliphatic heterocycles. The van der Waals surface area contributed by atoms with Crippen LogP contribution < -0.4 is 0 Å². The van der Waals surface area contributed by atoms with Crippen molar-refractivity contribution in [3.63, 3.8) is 0 Å². The van der Waals surface area contributed by atoms with Crippen LogP contribution in [0.1, 0.15) is 12.5 Å². The molecule has 0 heteroatoms. The smallest absolute Gasteiger partial charge is 0.00943 e. The molecule has 0 saturated heterocycles. The van der Waals surface area contributed by atoms with Gasteiger partial charge >= 0.3 is 0 Å². The fourth-order valence-corrected chi connectivity index (χ4v) is 1.01. The fourth-order valence-electron chi connectivity index (χ4n) is 1.01. The van der Waals surface area contributed by atoms with Gasteiger partial charge in [-0.05, 0) is 18.9 Å². The van der Waals surface area contributed by atoms with E-state index in [2.05, 4.69) is 36.4 Å². The summed E-state index contributed by atoms with van der Waals surface area (Å²) in [5, 5.41) is 0. The van der Waals surface area contributed by atoms with Crippen LogP contribution in [0.2, 0.25) is 0 Å². The Morgan fingerprint density at radius 1 is 1.08 bits per heavy atom. The van der Waals surface area contributed by atoms with Gasteiger partial charge in [0.15, 0.2) is 0 Å². The van der Waals surface area contributed by atoms with Crippen LogP contribution in [-0.2, 0) is 6.42 Å². The maximum absolute atomic E-state index is 2.16. The highest BCUT2D eigenvalue weighted by Crippen LogP contribution is 1.99. The zero-order valence-electron chi connectivity index (χ0n) is 7.40. The van der Waals surface area contributed by atoms with E-state index >= 15 is 0 Å². The van der Waals surface area contributed by atoms with E-state index in [9.17, 15) is 0 Å². The van der Waals surface area contributed by atoms with Crippen molar-refractivity contribution in [3.8, 4) is 0 Å². The summed E-state index contributed by atoms with van der Waals surface area (Å²) in [5.41, 5.74) is 1.36. The third-order valence-electron chi connectivity index (χ3n) is 1.64. The summed E-state index contributed by atoms with van der Waals surface area (Å²) >= 11 is 0. The second kappa shape index (κ2) is 5.36. The molecule has 1 aromatic carbocycles. The Morgan fingerprint density at radius 2 is 1.83 bits per heavy atom. The quantitative estimate of drug-likeness (QED) is 0.592. The van der Waals surface area contributed by atoms with E-state index in [-0.39, 0.29) is 0 Å². The van der Waals surface area contributed by atoms with Gasteiger partial charge in [-0.25, -0.2) is 0 Å². The number of allylic oxidation sites excluding steroid dienone is 4. The van der Waals surface area contributed by atoms with Crippen LogP contribution in [0.4, 0.5) is 0 Å². The molecule has 0 aliphatic rings. The van der Waals surface area contributed by atoms with Crippen molar-refractivity contribution in [1.29, 1.82) is 0 Å². The minimum absolute atomic E-state index is 1.02. The molecular weight excluding hydrogens is 144 g/mol. The van der Waals surface area contributed by atoms with Crippen LogP contribution in [0, 0.1) is 0 Å². The van der Waals surface area contributed by atoms with Gasteiger partial charge in [-0.3, -0.25) is 0 Å². The average Bonchev–Trinajstić information content (AvgIpc) is 2.14. The Kier molecular flexibility index (Phi) is 3.93. The van der Waals surface area contributed by atoms with Gasteiger partial charge in [-0.2, -0.15) is 0 Å². The summed E-state index contributed by atoms with van der Waals surface area (Å²) in [7, 11) is 0. The molecule has 0 bridgehead atoms. The number of hydrogen-bond acceptors (Lipinski definition) is 0. The lowest BCUT2D eigenvalue weighted by Crippen LogP contribution is -1.77. The summed E-state index contributed by atoms with van der Waals surface area (Å²) in [4.78, 5) is 0. The summed E-state index contributed by atoms with van der Waals surface area (Å²) in [5.74, 6) is 0. The Labute approximate surface area is 74.2 Å². The summed E-state index contributed by atoms with van der Waals surface area (Å²) in [6.07, 6.45) is 9.33. The second-order valence-electron chi connectivity index (χ2n) is 2.64. The van der Waals surface area contributed by atoms with Crippen molar-refractivity contribution in [1.82, 2.24) is 0 Å². The molecule has 0 heterocycles. The highest BCUT2D eigenvalue weighted by atomic mass is 13.9. The van der Waals surface area contributed by atoms with Gasteiger partial charge in [-0.1, -0.05) is 54.6 Å². The minimum Gasteiger partial charge on any atom is -0.0877 e. The van der Waals surface area contributed by atoms with Gasteiger partial charge in [0, 0.05) is 0 Å². The first-order valence-electron chi connectivity index (χ1n) is 4.25. The monoisotopic (exact) mass is 158 g/mol. The zero-order chi connectivity index (χ0) is 8.65. The minimum atomic E-state index is 1.02. The molecule has 0 unspecified atom stereocenters. The molecule has 0 aliphatic carbocycles. The highest BCUT2D eigenvalue weighted by molar-refractivity contribution is 5.18. The van der Waals surface area contributed by atoms with E-state index < -0.39 is 0 Å². The lowest BCUT2D eigenvalue weighted by Gasteiger charge is -1.92. The van der Waals surface area contributed by atoms with Gasteiger partial charge in [-0.15, -0.1) is 0 Å². The van der Waals surface area contributed by atoms with Crippen molar-refractivity contribution < 1.29 is 0 Å². The summed E-state index contributed by atoms with van der Waals surface area (Å²) in [6, 6.07) is 10.5. The highest BCUT2D eigenvalue weighted by Gasteiger charge is 1.83. The Bertz CT molecular complexity index is 255. The molecule has 0 aromatic heterocycles. The van der Waals surface area contributed by atoms with Crippen molar-refractivity contribution >= 4 is 0 Å². The van der Waals surface area contributed by atoms with E-state index in [1.165, 1.54) is 5.56 Å². The molecule has 0 fully saturated rings. The molecule has 12 heavy (non-hydrogen) atoms. The average molecular weight is 158 g/mol. The van der Waals surface area contributed by atoms with Crippen LogP contribution in [-0.4, -0.2) is 0 Å². The second-order valence-corrected chi connectivity index (χ2v) is 2.64. The van der Waals surface area contributed by atoms with E-state index in [1.54, 1.807) is 0 Å². The van der Waals surface area contributed by atoms with Crippen molar-refractivity contribution in [3.05, 3.63) is 60.2 Å². The van der Waals surface area contributed by atoms with Crippen molar-refractivity contribution in [2.45, 2.75) is 13.3 Å². The first-order chi connectivity index (χ1) is 5.93. The third kappa shape index (κ3) is 3.20. The Hall–Kier alpha value is -1.30. The molecule has 0 N–H and O–H groups in total. The topological polar surface area (TPSA) is 0 Å². The van der Waals surface area contributed by atoms with Crippen molar-refractivity contribution in [2.24, 2.45) is 0 Å². The van der Waals surface area contributed by atoms with E-state index in [0.29, 0.717) is 0 Å². The third-order valence-corrected chi connectivity index (χ3v) is 1.64. The van der Waals surface area contributed by atoms with Crippen LogP contribution >= 0.6 is 0 Å². The van der Waals surface area contributed by atoms with E-state index in [4.69, 9.17) is 0 Å². The molecule has 1 rings (SSSR count). The van der Waals surface area contributed by atoms with E-state index in [1.807, 2.05) is 25.1 Å². The molecule has 62 valence electrons. The molecule has 0 amide bonds. The molecule has 0 nitrogen and oxygen atoms in total. The molecule has 1 aromatic rings. The van der Waals surface area contributed by atoms with Crippen LogP contribution in [0.15, 0.2) is 54.6 Å². The fraction of sp³-hybridized carbons (Fsp3) is 0.167. The summed E-state index contributed by atoms with van der Waals surface area (Å²) < 4.78 is 0. The Morgan fingerprint density at radius 3 is 2.50 bits per heavy atom. The number of hydrogen-bond donors (Lipinski definition) is 0. The zero-order valence-corrected chi connectivity index (χ0v) is 7.40. The lowest BCUT2D eigenvalue weighted by molar-refractivity contribution is 1.27. The van der Waals surface area contributed by atoms with Gasteiger partial charge < -0.3 is 0 Å².